The molecular formula is C18H30IN3O. The predicted molar refractivity (Wildman–Crippen MR) is 108 cm³/mol. The molecule has 1 aromatic rings. The first-order valence-electron chi connectivity index (χ1n) is 8.39. The Morgan fingerprint density at radius 1 is 1.26 bits per heavy atom. The predicted octanol–water partition coefficient (Wildman–Crippen LogP) is 2.91. The van der Waals surface area contributed by atoms with Crippen molar-refractivity contribution < 1.29 is 5.11 Å². The summed E-state index contributed by atoms with van der Waals surface area (Å²) in [6, 6.07) is 10.8. The minimum atomic E-state index is 0. The molecule has 0 aromatic heterocycles. The Morgan fingerprint density at radius 2 is 1.96 bits per heavy atom. The van der Waals surface area contributed by atoms with E-state index in [4.69, 9.17) is 10.1 Å². The van der Waals surface area contributed by atoms with Gasteiger partial charge in [-0.1, -0.05) is 43.7 Å². The van der Waals surface area contributed by atoms with Crippen molar-refractivity contribution in [2.75, 3.05) is 26.2 Å². The number of rotatable bonds is 7. The second kappa shape index (κ2) is 10.1. The number of nitrogens with zero attached hydrogens (tertiary/aromatic N) is 1. The first-order valence-corrected chi connectivity index (χ1v) is 8.39. The Balaban J connectivity index is 0.00000264. The molecule has 0 saturated heterocycles. The van der Waals surface area contributed by atoms with Gasteiger partial charge in [-0.3, -0.25) is 4.99 Å². The molecule has 4 nitrogen and oxygen atoms in total. The third kappa shape index (κ3) is 5.64. The summed E-state index contributed by atoms with van der Waals surface area (Å²) >= 11 is 0. The fraction of sp³-hybridized carbons (Fsp3) is 0.611. The summed E-state index contributed by atoms with van der Waals surface area (Å²) in [5.41, 5.74) is 1.62. The number of aliphatic hydroxyl groups excluding tert-OH is 1. The van der Waals surface area contributed by atoms with Crippen LogP contribution in [0.3, 0.4) is 0 Å². The van der Waals surface area contributed by atoms with Crippen molar-refractivity contribution in [2.45, 2.75) is 38.5 Å². The van der Waals surface area contributed by atoms with Crippen LogP contribution in [0, 0.1) is 5.92 Å². The van der Waals surface area contributed by atoms with E-state index in [0.29, 0.717) is 0 Å². The molecule has 5 heteroatoms. The second-order valence-electron chi connectivity index (χ2n) is 6.36. The van der Waals surface area contributed by atoms with Gasteiger partial charge in [0.2, 0.25) is 0 Å². The van der Waals surface area contributed by atoms with Gasteiger partial charge in [-0.15, -0.1) is 24.0 Å². The van der Waals surface area contributed by atoms with E-state index in [0.717, 1.165) is 25.6 Å². The van der Waals surface area contributed by atoms with Crippen LogP contribution in [0.1, 0.15) is 38.7 Å². The monoisotopic (exact) mass is 431 g/mol. The van der Waals surface area contributed by atoms with Gasteiger partial charge in [-0.2, -0.15) is 0 Å². The van der Waals surface area contributed by atoms with E-state index < -0.39 is 0 Å². The minimum absolute atomic E-state index is 0. The number of aliphatic hydroxyl groups is 1. The quantitative estimate of drug-likeness (QED) is 0.354. The molecule has 3 N–H and O–H groups in total. The van der Waals surface area contributed by atoms with E-state index in [1.807, 2.05) is 6.92 Å². The largest absolute Gasteiger partial charge is 0.396 e. The molecule has 0 radical (unpaired) electrons. The number of hydrogen-bond donors (Lipinski definition) is 3. The van der Waals surface area contributed by atoms with Crippen molar-refractivity contribution >= 4 is 29.9 Å². The van der Waals surface area contributed by atoms with Gasteiger partial charge < -0.3 is 15.7 Å². The van der Waals surface area contributed by atoms with E-state index >= 15 is 0 Å². The third-order valence-electron chi connectivity index (χ3n) is 4.51. The van der Waals surface area contributed by atoms with Crippen molar-refractivity contribution in [3.63, 3.8) is 0 Å². The van der Waals surface area contributed by atoms with Crippen LogP contribution in [0.15, 0.2) is 35.3 Å². The molecule has 0 amide bonds. The molecule has 1 saturated carbocycles. The summed E-state index contributed by atoms with van der Waals surface area (Å²) in [7, 11) is 0. The number of hydrogen-bond acceptors (Lipinski definition) is 2. The first-order chi connectivity index (χ1) is 10.7. The fourth-order valence-electron chi connectivity index (χ4n) is 2.84. The lowest BCUT2D eigenvalue weighted by molar-refractivity contribution is 0.237. The van der Waals surface area contributed by atoms with Crippen LogP contribution in [0.2, 0.25) is 0 Å². The maximum atomic E-state index is 9.13. The van der Waals surface area contributed by atoms with Crippen LogP contribution in [0.4, 0.5) is 0 Å². The van der Waals surface area contributed by atoms with E-state index in [2.05, 4.69) is 47.9 Å². The van der Waals surface area contributed by atoms with Crippen LogP contribution in [-0.2, 0) is 5.41 Å². The summed E-state index contributed by atoms with van der Waals surface area (Å²) in [5, 5.41) is 15.7. The minimum Gasteiger partial charge on any atom is -0.396 e. The number of nitrogens with one attached hydrogen (secondary N) is 2. The second-order valence-corrected chi connectivity index (χ2v) is 6.36. The third-order valence-corrected chi connectivity index (χ3v) is 4.51. The lowest BCUT2D eigenvalue weighted by Gasteiger charge is -2.41. The summed E-state index contributed by atoms with van der Waals surface area (Å²) in [6.07, 6.45) is 3.72. The van der Waals surface area contributed by atoms with Gasteiger partial charge in [-0.25, -0.2) is 0 Å². The van der Waals surface area contributed by atoms with Crippen molar-refractivity contribution in [3.8, 4) is 0 Å². The average molecular weight is 431 g/mol. The summed E-state index contributed by atoms with van der Waals surface area (Å²) in [6.45, 7) is 6.69. The summed E-state index contributed by atoms with van der Waals surface area (Å²) < 4.78 is 0. The van der Waals surface area contributed by atoms with Crippen LogP contribution in [0.5, 0.6) is 0 Å². The van der Waals surface area contributed by atoms with Gasteiger partial charge in [0.25, 0.3) is 0 Å². The van der Waals surface area contributed by atoms with Crippen LogP contribution in [-0.4, -0.2) is 37.3 Å². The molecule has 1 unspecified atom stereocenters. The number of benzene rings is 1. The van der Waals surface area contributed by atoms with E-state index in [1.54, 1.807) is 0 Å². The van der Waals surface area contributed by atoms with Crippen molar-refractivity contribution in [1.82, 2.24) is 10.6 Å². The Kier molecular flexibility index (Phi) is 8.91. The van der Waals surface area contributed by atoms with Gasteiger partial charge in [0.05, 0.1) is 6.54 Å². The highest BCUT2D eigenvalue weighted by Gasteiger charge is 2.38. The molecule has 130 valence electrons. The molecule has 1 aromatic carbocycles. The Bertz CT molecular complexity index is 474. The van der Waals surface area contributed by atoms with Gasteiger partial charge in [-0.05, 0) is 31.2 Å². The van der Waals surface area contributed by atoms with E-state index in [9.17, 15) is 0 Å². The lowest BCUT2D eigenvalue weighted by Crippen LogP contribution is -2.43. The summed E-state index contributed by atoms with van der Waals surface area (Å²) in [5.74, 6) is 1.08. The molecule has 1 atom stereocenters. The molecule has 0 spiro atoms. The normalized spacial score (nSPS) is 17.6. The molecular weight excluding hydrogens is 401 g/mol. The molecule has 2 rings (SSSR count). The summed E-state index contributed by atoms with van der Waals surface area (Å²) in [4.78, 5) is 4.80. The van der Waals surface area contributed by atoms with E-state index in [1.165, 1.54) is 24.8 Å². The molecule has 0 heterocycles. The zero-order valence-electron chi connectivity index (χ0n) is 14.2. The molecule has 1 aliphatic carbocycles. The smallest absolute Gasteiger partial charge is 0.191 e. The number of halogens is 1. The average Bonchev–Trinajstić information content (AvgIpc) is 2.52. The Morgan fingerprint density at radius 3 is 2.48 bits per heavy atom. The molecule has 23 heavy (non-hydrogen) atoms. The van der Waals surface area contributed by atoms with Gasteiger partial charge in [0.15, 0.2) is 5.96 Å². The number of aliphatic imine (C=N–C) groups is 1. The standard InChI is InChI=1S/C18H29N3O.HI/c1-3-19-17(20-12-15(2)13-22)21-14-18(10-7-11-18)16-8-5-4-6-9-16;/h4-6,8-9,15,22H,3,7,10-14H2,1-2H3,(H2,19,20,21);1H. The topological polar surface area (TPSA) is 56.7 Å². The highest BCUT2D eigenvalue weighted by Crippen LogP contribution is 2.43. The first kappa shape index (κ1) is 20.2. The van der Waals surface area contributed by atoms with Crippen molar-refractivity contribution in [3.05, 3.63) is 35.9 Å². The zero-order chi connectivity index (χ0) is 15.8. The van der Waals surface area contributed by atoms with Gasteiger partial charge in [0.1, 0.15) is 0 Å². The van der Waals surface area contributed by atoms with Crippen molar-refractivity contribution in [2.24, 2.45) is 10.9 Å². The Hall–Kier alpha value is -0.820. The Labute approximate surface area is 157 Å². The molecule has 0 bridgehead atoms. The lowest BCUT2D eigenvalue weighted by atomic mass is 9.64. The van der Waals surface area contributed by atoms with Crippen LogP contribution < -0.4 is 10.6 Å². The SMILES string of the molecule is CCNC(=NCC1(c2ccccc2)CCC1)NCC(C)CO.I. The van der Waals surface area contributed by atoms with Crippen molar-refractivity contribution in [1.29, 1.82) is 0 Å². The van der Waals surface area contributed by atoms with Crippen LogP contribution in [0.25, 0.3) is 0 Å². The molecule has 1 fully saturated rings. The maximum Gasteiger partial charge on any atom is 0.191 e. The maximum absolute atomic E-state index is 9.13. The van der Waals surface area contributed by atoms with Crippen LogP contribution >= 0.6 is 24.0 Å². The van der Waals surface area contributed by atoms with E-state index in [-0.39, 0.29) is 41.9 Å². The zero-order valence-corrected chi connectivity index (χ0v) is 16.5. The van der Waals surface area contributed by atoms with Gasteiger partial charge in [0, 0.05) is 25.1 Å². The fourth-order valence-corrected chi connectivity index (χ4v) is 2.84. The highest BCUT2D eigenvalue weighted by molar-refractivity contribution is 14.0. The number of guanidine groups is 1. The molecule has 1 aliphatic rings. The van der Waals surface area contributed by atoms with Gasteiger partial charge >= 0.3 is 0 Å². The highest BCUT2D eigenvalue weighted by atomic mass is 127. The molecule has 0 aliphatic heterocycles.